The van der Waals surface area contributed by atoms with E-state index in [1.54, 1.807) is 0 Å². The second-order valence-electron chi connectivity index (χ2n) is 0.806. The summed E-state index contributed by atoms with van der Waals surface area (Å²) in [5.41, 5.74) is 0. The molecule has 0 rings (SSSR count). The number of carbonyl (C=O) groups is 1. The number of hydrogen-bond donors (Lipinski definition) is 1. The van der Waals surface area contributed by atoms with Crippen molar-refractivity contribution in [3.8, 4) is 0 Å². The molecule has 0 bridgehead atoms. The highest BCUT2D eigenvalue weighted by atomic mass is 17.0. The fraction of sp³-hybridized carbons (Fsp3) is 0.500. The molecule has 48 valence electrons. The topological polar surface area (TPSA) is 104 Å². The van der Waals surface area contributed by atoms with Gasteiger partial charge in [0.05, 0.1) is 0 Å². The fourth-order valence-corrected chi connectivity index (χ4v) is 0.105. The molecule has 0 aliphatic heterocycles. The van der Waals surface area contributed by atoms with Crippen LogP contribution in [0.25, 0.3) is 0 Å². The lowest BCUT2D eigenvalue weighted by atomic mass is 10.8. The van der Waals surface area contributed by atoms with Crippen LogP contribution in [0.5, 0.6) is 0 Å². The molecule has 0 saturated carbocycles. The lowest BCUT2D eigenvalue weighted by Gasteiger charge is -1.82. The number of carbonyl (C=O) groups excluding carboxylic acids is 1. The third-order valence-electron chi connectivity index (χ3n) is 0.203. The van der Waals surface area contributed by atoms with Crippen molar-refractivity contribution < 1.29 is 14.7 Å². The van der Waals surface area contributed by atoms with Gasteiger partial charge in [-0.25, -0.2) is 4.84 Å². The highest BCUT2D eigenvalue weighted by Gasteiger charge is 1.95. The van der Waals surface area contributed by atoms with Crippen LogP contribution >= 0.6 is 0 Å². The van der Waals surface area contributed by atoms with Crippen molar-refractivity contribution >= 4 is 5.97 Å². The molecular formula is C2H6N2O4. The van der Waals surface area contributed by atoms with E-state index in [9.17, 15) is 14.9 Å². The molecule has 0 saturated heterocycles. The van der Waals surface area contributed by atoms with Crippen molar-refractivity contribution in [3.63, 3.8) is 0 Å². The Balaban J connectivity index is 0. The molecule has 8 heavy (non-hydrogen) atoms. The van der Waals surface area contributed by atoms with Gasteiger partial charge in [0.2, 0.25) is 0 Å². The molecular weight excluding hydrogens is 116 g/mol. The van der Waals surface area contributed by atoms with Gasteiger partial charge in [-0.05, 0) is 0 Å². The van der Waals surface area contributed by atoms with Crippen LogP contribution in [0.2, 0.25) is 0 Å². The minimum atomic E-state index is -1.15. The summed E-state index contributed by atoms with van der Waals surface area (Å²) >= 11 is 0. The molecule has 0 aliphatic carbocycles. The summed E-state index contributed by atoms with van der Waals surface area (Å²) in [5.74, 6) is -0.912. The zero-order valence-corrected chi connectivity index (χ0v) is 4.29. The lowest BCUT2D eigenvalue weighted by molar-refractivity contribution is -0.729. The number of nitrogens with zero attached hydrogens (tertiary/aromatic N) is 1. The van der Waals surface area contributed by atoms with E-state index in [1.165, 1.54) is 0 Å². The standard InChI is InChI=1S/C2H3NO4.H3N/c1-2(4)7-3(5)6;/h1H3;1H3. The van der Waals surface area contributed by atoms with E-state index in [4.69, 9.17) is 0 Å². The van der Waals surface area contributed by atoms with Crippen molar-refractivity contribution in [2.45, 2.75) is 6.92 Å². The van der Waals surface area contributed by atoms with Crippen LogP contribution < -0.4 is 6.15 Å². The highest BCUT2D eigenvalue weighted by molar-refractivity contribution is 5.64. The first kappa shape index (κ1) is 9.95. The Morgan fingerprint density at radius 2 is 2.12 bits per heavy atom. The van der Waals surface area contributed by atoms with Crippen LogP contribution in [0.4, 0.5) is 0 Å². The molecule has 0 atom stereocenters. The summed E-state index contributed by atoms with van der Waals surface area (Å²) in [6, 6.07) is 0. The lowest BCUT2D eigenvalue weighted by Crippen LogP contribution is -2.04. The average Bonchev–Trinajstić information content (AvgIpc) is 1.27. The average molecular weight is 122 g/mol. The normalized spacial score (nSPS) is 6.62. The Hall–Kier alpha value is -1.17. The summed E-state index contributed by atoms with van der Waals surface area (Å²) in [6.45, 7) is 0.961. The molecule has 3 N–H and O–H groups in total. The van der Waals surface area contributed by atoms with Crippen LogP contribution in [0, 0.1) is 10.1 Å². The molecule has 0 aromatic carbocycles. The summed E-state index contributed by atoms with van der Waals surface area (Å²) in [4.78, 5) is 22.1. The SMILES string of the molecule is CC(=O)O[N+](=O)[O-].N. The Kier molecular flexibility index (Phi) is 4.98. The van der Waals surface area contributed by atoms with E-state index in [2.05, 4.69) is 4.84 Å². The molecule has 0 aromatic rings. The predicted octanol–water partition coefficient (Wildman–Crippen LogP) is -0.0968. The van der Waals surface area contributed by atoms with E-state index in [1.807, 2.05) is 0 Å². The first-order chi connectivity index (χ1) is 3.13. The molecule has 0 aromatic heterocycles. The first-order valence-corrected chi connectivity index (χ1v) is 1.46. The summed E-state index contributed by atoms with van der Waals surface area (Å²) < 4.78 is 0. The van der Waals surface area contributed by atoms with Gasteiger partial charge in [0, 0.05) is 6.92 Å². The smallest absolute Gasteiger partial charge is 0.302 e. The van der Waals surface area contributed by atoms with Gasteiger partial charge >= 0.3 is 11.1 Å². The van der Waals surface area contributed by atoms with Crippen molar-refractivity contribution in [3.05, 3.63) is 10.1 Å². The fourth-order valence-electron chi connectivity index (χ4n) is 0.105. The second-order valence-corrected chi connectivity index (χ2v) is 0.806. The maximum Gasteiger partial charge on any atom is 0.302 e. The van der Waals surface area contributed by atoms with E-state index >= 15 is 0 Å². The van der Waals surface area contributed by atoms with E-state index in [0.29, 0.717) is 0 Å². The van der Waals surface area contributed by atoms with Crippen molar-refractivity contribution in [1.82, 2.24) is 6.15 Å². The molecule has 0 aliphatic rings. The van der Waals surface area contributed by atoms with Gasteiger partial charge in [0.25, 0.3) is 0 Å². The Labute approximate surface area is 45.1 Å². The minimum absolute atomic E-state index is 0. The zero-order valence-electron chi connectivity index (χ0n) is 4.29. The van der Waals surface area contributed by atoms with E-state index in [-0.39, 0.29) is 6.15 Å². The van der Waals surface area contributed by atoms with Gasteiger partial charge in [-0.15, -0.1) is 10.1 Å². The number of rotatable bonds is 1. The summed E-state index contributed by atoms with van der Waals surface area (Å²) in [7, 11) is 0. The van der Waals surface area contributed by atoms with Gasteiger partial charge in [0.1, 0.15) is 0 Å². The highest BCUT2D eigenvalue weighted by Crippen LogP contribution is 1.72. The molecule has 6 nitrogen and oxygen atoms in total. The predicted molar refractivity (Wildman–Crippen MR) is 23.8 cm³/mol. The first-order valence-electron chi connectivity index (χ1n) is 1.46. The molecule has 0 heterocycles. The number of hydrogen-bond acceptors (Lipinski definition) is 5. The van der Waals surface area contributed by atoms with Crippen LogP contribution in [-0.2, 0) is 9.63 Å². The van der Waals surface area contributed by atoms with Gasteiger partial charge in [-0.3, -0.25) is 4.79 Å². The van der Waals surface area contributed by atoms with Crippen LogP contribution in [0.15, 0.2) is 0 Å². The Morgan fingerprint density at radius 1 is 1.75 bits per heavy atom. The van der Waals surface area contributed by atoms with Gasteiger partial charge < -0.3 is 6.15 Å². The molecule has 0 spiro atoms. The zero-order chi connectivity index (χ0) is 5.86. The van der Waals surface area contributed by atoms with Crippen LogP contribution in [0.3, 0.4) is 0 Å². The van der Waals surface area contributed by atoms with Crippen molar-refractivity contribution in [2.24, 2.45) is 0 Å². The summed E-state index contributed by atoms with van der Waals surface area (Å²) in [6.07, 6.45) is 0. The van der Waals surface area contributed by atoms with Crippen molar-refractivity contribution in [2.75, 3.05) is 0 Å². The van der Waals surface area contributed by atoms with Gasteiger partial charge in [-0.1, -0.05) is 0 Å². The Morgan fingerprint density at radius 3 is 2.12 bits per heavy atom. The molecule has 0 fully saturated rings. The van der Waals surface area contributed by atoms with Crippen molar-refractivity contribution in [1.29, 1.82) is 0 Å². The van der Waals surface area contributed by atoms with Crippen LogP contribution in [-0.4, -0.2) is 11.1 Å². The second kappa shape index (κ2) is 4.00. The third kappa shape index (κ3) is 8.85. The molecule has 0 unspecified atom stereocenters. The molecule has 6 heteroatoms. The molecule has 0 amide bonds. The van der Waals surface area contributed by atoms with Gasteiger partial charge in [-0.2, -0.15) is 0 Å². The maximum atomic E-state index is 9.59. The minimum Gasteiger partial charge on any atom is -0.344 e. The maximum absolute atomic E-state index is 9.59. The monoisotopic (exact) mass is 122 g/mol. The van der Waals surface area contributed by atoms with Crippen LogP contribution in [0.1, 0.15) is 6.92 Å². The largest absolute Gasteiger partial charge is 0.344 e. The third-order valence-corrected chi connectivity index (χ3v) is 0.203. The summed E-state index contributed by atoms with van der Waals surface area (Å²) in [5, 5.41) is 8.02. The van der Waals surface area contributed by atoms with E-state index in [0.717, 1.165) is 6.92 Å². The molecule has 0 radical (unpaired) electrons. The Bertz CT molecular complexity index is 88.2. The van der Waals surface area contributed by atoms with E-state index < -0.39 is 11.1 Å². The van der Waals surface area contributed by atoms with Gasteiger partial charge in [0.15, 0.2) is 0 Å². The quantitative estimate of drug-likeness (QED) is 0.386.